The standard InChI is InChI=1S/C12H18ClN3O/c1-4-9(3)8-16(5-2)12(17)10-6-15-11(13)7-14-10/h6-7,9H,4-5,8H2,1-3H3. The zero-order valence-electron chi connectivity index (χ0n) is 10.5. The third-order valence-corrected chi connectivity index (χ3v) is 2.93. The topological polar surface area (TPSA) is 46.1 Å². The highest BCUT2D eigenvalue weighted by Crippen LogP contribution is 2.09. The molecule has 17 heavy (non-hydrogen) atoms. The lowest BCUT2D eigenvalue weighted by atomic mass is 10.1. The van der Waals surface area contributed by atoms with Crippen molar-refractivity contribution in [2.24, 2.45) is 5.92 Å². The Hall–Kier alpha value is -1.16. The van der Waals surface area contributed by atoms with E-state index in [1.54, 1.807) is 4.90 Å². The lowest BCUT2D eigenvalue weighted by Crippen LogP contribution is -2.35. The zero-order valence-corrected chi connectivity index (χ0v) is 11.2. The van der Waals surface area contributed by atoms with Crippen molar-refractivity contribution in [1.82, 2.24) is 14.9 Å². The molecule has 0 aliphatic rings. The van der Waals surface area contributed by atoms with E-state index < -0.39 is 0 Å². The molecular weight excluding hydrogens is 238 g/mol. The van der Waals surface area contributed by atoms with Gasteiger partial charge in [0.05, 0.1) is 12.4 Å². The van der Waals surface area contributed by atoms with Crippen molar-refractivity contribution in [3.63, 3.8) is 0 Å². The number of carbonyl (C=O) groups is 1. The Morgan fingerprint density at radius 1 is 1.41 bits per heavy atom. The van der Waals surface area contributed by atoms with E-state index >= 15 is 0 Å². The highest BCUT2D eigenvalue weighted by molar-refractivity contribution is 6.29. The molecule has 0 fully saturated rings. The van der Waals surface area contributed by atoms with Crippen LogP contribution < -0.4 is 0 Å². The van der Waals surface area contributed by atoms with Gasteiger partial charge in [-0.1, -0.05) is 31.9 Å². The molecule has 1 atom stereocenters. The fraction of sp³-hybridized carbons (Fsp3) is 0.583. The first kappa shape index (κ1) is 13.9. The summed E-state index contributed by atoms with van der Waals surface area (Å²) >= 11 is 5.64. The first-order chi connectivity index (χ1) is 8.08. The summed E-state index contributed by atoms with van der Waals surface area (Å²) < 4.78 is 0. The minimum absolute atomic E-state index is 0.0861. The van der Waals surface area contributed by atoms with Gasteiger partial charge in [0.1, 0.15) is 10.8 Å². The Kier molecular flexibility index (Phi) is 5.35. The number of carbonyl (C=O) groups excluding carboxylic acids is 1. The normalized spacial score (nSPS) is 12.2. The van der Waals surface area contributed by atoms with Crippen LogP contribution in [-0.2, 0) is 0 Å². The quantitative estimate of drug-likeness (QED) is 0.813. The summed E-state index contributed by atoms with van der Waals surface area (Å²) in [6, 6.07) is 0. The summed E-state index contributed by atoms with van der Waals surface area (Å²) in [6.07, 6.45) is 3.87. The van der Waals surface area contributed by atoms with Crippen LogP contribution in [0.1, 0.15) is 37.7 Å². The summed E-state index contributed by atoms with van der Waals surface area (Å²) in [7, 11) is 0. The molecule has 94 valence electrons. The molecule has 1 unspecified atom stereocenters. The molecule has 1 heterocycles. The van der Waals surface area contributed by atoms with E-state index in [-0.39, 0.29) is 5.91 Å². The molecule has 1 amide bonds. The van der Waals surface area contributed by atoms with Crippen LogP contribution in [0.3, 0.4) is 0 Å². The van der Waals surface area contributed by atoms with E-state index in [9.17, 15) is 4.79 Å². The number of hydrogen-bond donors (Lipinski definition) is 0. The largest absolute Gasteiger partial charge is 0.337 e. The number of halogens is 1. The predicted octanol–water partition coefficient (Wildman–Crippen LogP) is 2.64. The van der Waals surface area contributed by atoms with Crippen molar-refractivity contribution in [2.45, 2.75) is 27.2 Å². The number of rotatable bonds is 5. The Morgan fingerprint density at radius 2 is 2.12 bits per heavy atom. The van der Waals surface area contributed by atoms with Crippen LogP contribution in [0.2, 0.25) is 5.15 Å². The van der Waals surface area contributed by atoms with Gasteiger partial charge in [-0.05, 0) is 12.8 Å². The fourth-order valence-electron chi connectivity index (χ4n) is 1.45. The minimum Gasteiger partial charge on any atom is -0.337 e. The Bertz CT molecular complexity index is 367. The molecule has 1 aromatic rings. The summed E-state index contributed by atoms with van der Waals surface area (Å²) in [6.45, 7) is 7.63. The highest BCUT2D eigenvalue weighted by Gasteiger charge is 2.17. The van der Waals surface area contributed by atoms with Gasteiger partial charge >= 0.3 is 0 Å². The third kappa shape index (κ3) is 3.97. The lowest BCUT2D eigenvalue weighted by molar-refractivity contribution is 0.0734. The second kappa shape index (κ2) is 6.55. The van der Waals surface area contributed by atoms with Gasteiger partial charge in [-0.3, -0.25) is 4.79 Å². The van der Waals surface area contributed by atoms with Crippen LogP contribution in [0.5, 0.6) is 0 Å². The smallest absolute Gasteiger partial charge is 0.274 e. The van der Waals surface area contributed by atoms with Crippen LogP contribution in [0.4, 0.5) is 0 Å². The zero-order chi connectivity index (χ0) is 12.8. The van der Waals surface area contributed by atoms with E-state index in [4.69, 9.17) is 11.6 Å². The fourth-order valence-corrected chi connectivity index (χ4v) is 1.54. The molecule has 5 heteroatoms. The molecule has 0 aliphatic heterocycles. The number of amides is 1. The van der Waals surface area contributed by atoms with Gasteiger partial charge in [-0.15, -0.1) is 0 Å². The lowest BCUT2D eigenvalue weighted by Gasteiger charge is -2.23. The first-order valence-corrected chi connectivity index (χ1v) is 6.23. The monoisotopic (exact) mass is 255 g/mol. The first-order valence-electron chi connectivity index (χ1n) is 5.85. The maximum absolute atomic E-state index is 12.1. The van der Waals surface area contributed by atoms with Gasteiger partial charge in [0.2, 0.25) is 0 Å². The second-order valence-electron chi connectivity index (χ2n) is 4.08. The van der Waals surface area contributed by atoms with E-state index in [0.29, 0.717) is 23.3 Å². The predicted molar refractivity (Wildman–Crippen MR) is 68.1 cm³/mol. The summed E-state index contributed by atoms with van der Waals surface area (Å²) in [4.78, 5) is 21.8. The molecule has 0 aromatic carbocycles. The molecule has 1 aromatic heterocycles. The molecule has 0 saturated carbocycles. The average molecular weight is 256 g/mol. The van der Waals surface area contributed by atoms with Crippen LogP contribution in [0.15, 0.2) is 12.4 Å². The molecular formula is C12H18ClN3O. The van der Waals surface area contributed by atoms with Crippen molar-refractivity contribution in [2.75, 3.05) is 13.1 Å². The maximum Gasteiger partial charge on any atom is 0.274 e. The van der Waals surface area contributed by atoms with Gasteiger partial charge in [-0.25, -0.2) is 9.97 Å². The minimum atomic E-state index is -0.0861. The van der Waals surface area contributed by atoms with E-state index in [1.807, 2.05) is 6.92 Å². The molecule has 4 nitrogen and oxygen atoms in total. The number of nitrogens with zero attached hydrogens (tertiary/aromatic N) is 3. The van der Waals surface area contributed by atoms with Crippen molar-refractivity contribution < 1.29 is 4.79 Å². The molecule has 1 rings (SSSR count). The molecule has 0 bridgehead atoms. The summed E-state index contributed by atoms with van der Waals surface area (Å²) in [5, 5.41) is 0.298. The van der Waals surface area contributed by atoms with Crippen LogP contribution >= 0.6 is 11.6 Å². The highest BCUT2D eigenvalue weighted by atomic mass is 35.5. The Morgan fingerprint density at radius 3 is 2.59 bits per heavy atom. The SMILES string of the molecule is CCC(C)CN(CC)C(=O)c1cnc(Cl)cn1. The number of aromatic nitrogens is 2. The molecule has 0 aliphatic carbocycles. The van der Waals surface area contributed by atoms with Crippen molar-refractivity contribution in [3.05, 3.63) is 23.2 Å². The second-order valence-corrected chi connectivity index (χ2v) is 4.47. The van der Waals surface area contributed by atoms with Crippen LogP contribution in [-0.4, -0.2) is 33.9 Å². The molecule has 0 spiro atoms. The summed E-state index contributed by atoms with van der Waals surface area (Å²) in [5.41, 5.74) is 0.347. The molecule has 0 N–H and O–H groups in total. The van der Waals surface area contributed by atoms with Gasteiger partial charge in [0, 0.05) is 13.1 Å². The van der Waals surface area contributed by atoms with Crippen molar-refractivity contribution >= 4 is 17.5 Å². The average Bonchev–Trinajstić information content (AvgIpc) is 2.35. The van der Waals surface area contributed by atoms with E-state index in [2.05, 4.69) is 23.8 Å². The van der Waals surface area contributed by atoms with Crippen LogP contribution in [0, 0.1) is 5.92 Å². The maximum atomic E-state index is 12.1. The van der Waals surface area contributed by atoms with E-state index in [1.165, 1.54) is 12.4 Å². The van der Waals surface area contributed by atoms with Gasteiger partial charge < -0.3 is 4.90 Å². The van der Waals surface area contributed by atoms with Gasteiger partial charge in [-0.2, -0.15) is 0 Å². The summed E-state index contributed by atoms with van der Waals surface area (Å²) in [5.74, 6) is 0.399. The Balaban J connectivity index is 2.75. The van der Waals surface area contributed by atoms with Crippen molar-refractivity contribution in [3.8, 4) is 0 Å². The van der Waals surface area contributed by atoms with Crippen molar-refractivity contribution in [1.29, 1.82) is 0 Å². The van der Waals surface area contributed by atoms with E-state index in [0.717, 1.165) is 13.0 Å². The van der Waals surface area contributed by atoms with Crippen LogP contribution in [0.25, 0.3) is 0 Å². The number of hydrogen-bond acceptors (Lipinski definition) is 3. The Labute approximate surface area is 107 Å². The van der Waals surface area contributed by atoms with Gasteiger partial charge in [0.15, 0.2) is 0 Å². The molecule has 0 radical (unpaired) electrons. The third-order valence-electron chi connectivity index (χ3n) is 2.74. The molecule has 0 saturated heterocycles. The van der Waals surface area contributed by atoms with Gasteiger partial charge in [0.25, 0.3) is 5.91 Å².